The fourth-order valence-corrected chi connectivity index (χ4v) is 9.87. The molecule has 0 amide bonds. The van der Waals surface area contributed by atoms with Crippen molar-refractivity contribution in [2.75, 3.05) is 13.2 Å². The number of hydrogen-bond donors (Lipinski definition) is 4. The van der Waals surface area contributed by atoms with E-state index in [1.165, 1.54) is 5.57 Å². The van der Waals surface area contributed by atoms with Gasteiger partial charge >= 0.3 is 0 Å². The maximum Gasteiger partial charge on any atom is 0.122 e. The smallest absolute Gasteiger partial charge is 0.122 e. The molecule has 5 fully saturated rings. The Morgan fingerprint density at radius 3 is 2.66 bits per heavy atom. The van der Waals surface area contributed by atoms with Gasteiger partial charge in [-0.15, -0.1) is 0 Å². The van der Waals surface area contributed by atoms with Crippen LogP contribution in [0.4, 0.5) is 0 Å². The first-order valence-electron chi connectivity index (χ1n) is 13.3. The van der Waals surface area contributed by atoms with Gasteiger partial charge in [0.05, 0.1) is 18.3 Å². The number of nitrogens with one attached hydrogen (secondary N) is 1. The summed E-state index contributed by atoms with van der Waals surface area (Å²) in [5.41, 5.74) is 1.22. The van der Waals surface area contributed by atoms with Crippen LogP contribution in [-0.4, -0.2) is 52.5 Å². The number of hydrogen-bond acceptors (Lipinski definition) is 5. The fraction of sp³-hybridized carbons (Fsp3) is 0.926. The van der Waals surface area contributed by atoms with Crippen LogP contribution in [0, 0.1) is 46.3 Å². The zero-order valence-corrected chi connectivity index (χ0v) is 20.1. The summed E-state index contributed by atoms with van der Waals surface area (Å²) in [4.78, 5) is 0. The Morgan fingerprint density at radius 2 is 1.94 bits per heavy atom. The van der Waals surface area contributed by atoms with E-state index in [0.717, 1.165) is 57.9 Å². The zero-order valence-electron chi connectivity index (χ0n) is 20.1. The average Bonchev–Trinajstić information content (AvgIpc) is 3.22. The molecule has 0 aromatic heterocycles. The van der Waals surface area contributed by atoms with Crippen LogP contribution in [0.2, 0.25) is 0 Å². The number of allylic oxidation sites excluding steroid dienone is 1. The van der Waals surface area contributed by atoms with E-state index in [4.69, 9.17) is 4.74 Å². The van der Waals surface area contributed by atoms with E-state index in [9.17, 15) is 15.3 Å². The summed E-state index contributed by atoms with van der Waals surface area (Å²) >= 11 is 0. The largest absolute Gasteiger partial charge is 0.396 e. The summed E-state index contributed by atoms with van der Waals surface area (Å²) in [5, 5.41) is 35.3. The molecule has 1 spiro atoms. The third kappa shape index (κ3) is 2.75. The van der Waals surface area contributed by atoms with Crippen LogP contribution in [0.5, 0.6) is 0 Å². The van der Waals surface area contributed by atoms with Crippen LogP contribution in [0.1, 0.15) is 72.1 Å². The summed E-state index contributed by atoms with van der Waals surface area (Å²) in [6, 6.07) is 0. The van der Waals surface area contributed by atoms with Crippen molar-refractivity contribution < 1.29 is 20.1 Å². The monoisotopic (exact) mass is 445 g/mol. The maximum atomic E-state index is 11.8. The highest BCUT2D eigenvalue weighted by atomic mass is 16.5. The van der Waals surface area contributed by atoms with Gasteiger partial charge < -0.3 is 20.1 Å². The van der Waals surface area contributed by atoms with Crippen LogP contribution >= 0.6 is 0 Å². The van der Waals surface area contributed by atoms with Crippen molar-refractivity contribution in [2.24, 2.45) is 46.3 Å². The minimum absolute atomic E-state index is 0.0971. The second kappa shape index (κ2) is 7.27. The third-order valence-corrected chi connectivity index (χ3v) is 11.8. The Bertz CT molecular complexity index is 791. The molecule has 5 heteroatoms. The molecule has 3 saturated carbocycles. The quantitative estimate of drug-likeness (QED) is 0.466. The highest BCUT2D eigenvalue weighted by Crippen LogP contribution is 2.70. The van der Waals surface area contributed by atoms with Crippen molar-refractivity contribution in [1.29, 1.82) is 0 Å². The van der Waals surface area contributed by atoms with E-state index in [1.54, 1.807) is 0 Å². The van der Waals surface area contributed by atoms with Gasteiger partial charge in [-0.2, -0.15) is 0 Å². The summed E-state index contributed by atoms with van der Waals surface area (Å²) in [5.74, 6) is 2.71. The van der Waals surface area contributed by atoms with Crippen LogP contribution < -0.4 is 5.32 Å². The first kappa shape index (κ1) is 22.0. The second-order valence-corrected chi connectivity index (χ2v) is 12.8. The fourth-order valence-electron chi connectivity index (χ4n) is 9.87. The molecular formula is C27H43NO4. The van der Waals surface area contributed by atoms with Gasteiger partial charge in [0.2, 0.25) is 0 Å². The lowest BCUT2D eigenvalue weighted by Crippen LogP contribution is -2.60. The number of piperidine rings is 1. The highest BCUT2D eigenvalue weighted by molar-refractivity contribution is 5.27. The number of aliphatic hydroxyl groups is 3. The standard InChI is InChI=1S/C27H43NO4/c1-15-24-22(32-27(15)9-6-16(14-29)13-28-27)11-21-19-5-4-17-10-18(30)7-8-25(17,2)20(19)12-23(31)26(21,24)3/h4,15-16,18-24,28-31H,5-14H2,1-3H3/t15-,16+,18-,19+,20-,21-,22-,23+,24-,25-,26+,27+/m0/s1. The Hall–Kier alpha value is -0.460. The SMILES string of the molecule is C[C@H]1[C@H]2[C@H](C[C@H]3[C@@H]4CC=C5C[C@@H](O)CC[C@]5(C)[C@H]4C[C@@H](O)[C@]23C)O[C@]12CC[C@@H](CO)CN2. The van der Waals surface area contributed by atoms with E-state index in [0.29, 0.717) is 35.5 Å². The molecular weight excluding hydrogens is 402 g/mol. The lowest BCUT2D eigenvalue weighted by atomic mass is 9.46. The molecule has 0 aromatic carbocycles. The minimum atomic E-state index is -0.290. The Labute approximate surface area is 193 Å². The van der Waals surface area contributed by atoms with Crippen molar-refractivity contribution in [3.8, 4) is 0 Å². The first-order chi connectivity index (χ1) is 15.2. The molecule has 5 nitrogen and oxygen atoms in total. The molecule has 0 radical (unpaired) electrons. The van der Waals surface area contributed by atoms with Gasteiger partial charge in [0, 0.05) is 24.5 Å². The molecule has 32 heavy (non-hydrogen) atoms. The molecule has 2 heterocycles. The predicted molar refractivity (Wildman–Crippen MR) is 123 cm³/mol. The van der Waals surface area contributed by atoms with Gasteiger partial charge in [-0.05, 0) is 86.4 Å². The summed E-state index contributed by atoms with van der Waals surface area (Å²) < 4.78 is 6.90. The van der Waals surface area contributed by atoms with Gasteiger partial charge in [0.1, 0.15) is 5.72 Å². The van der Waals surface area contributed by atoms with Crippen LogP contribution in [0.25, 0.3) is 0 Å². The molecule has 6 rings (SSSR count). The van der Waals surface area contributed by atoms with Gasteiger partial charge in [0.15, 0.2) is 0 Å². The third-order valence-electron chi connectivity index (χ3n) is 11.8. The van der Waals surface area contributed by atoms with Crippen LogP contribution in [0.3, 0.4) is 0 Å². The molecule has 12 atom stereocenters. The number of rotatable bonds is 1. The minimum Gasteiger partial charge on any atom is -0.396 e. The Kier molecular flexibility index (Phi) is 5.01. The van der Waals surface area contributed by atoms with Crippen LogP contribution in [0.15, 0.2) is 11.6 Å². The molecule has 0 unspecified atom stereocenters. The van der Waals surface area contributed by atoms with Crippen molar-refractivity contribution in [1.82, 2.24) is 5.32 Å². The molecule has 180 valence electrons. The van der Waals surface area contributed by atoms with Crippen LogP contribution in [-0.2, 0) is 4.74 Å². The second-order valence-electron chi connectivity index (χ2n) is 12.8. The summed E-state index contributed by atoms with van der Waals surface area (Å²) in [7, 11) is 0. The van der Waals surface area contributed by atoms with Gasteiger partial charge in [-0.3, -0.25) is 5.32 Å². The van der Waals surface area contributed by atoms with Crippen molar-refractivity contribution in [2.45, 2.75) is 96.2 Å². The number of ether oxygens (including phenoxy) is 1. The number of aliphatic hydroxyl groups excluding tert-OH is 3. The Morgan fingerprint density at radius 1 is 1.12 bits per heavy atom. The van der Waals surface area contributed by atoms with E-state index in [-0.39, 0.29) is 41.5 Å². The molecule has 2 aliphatic heterocycles. The van der Waals surface area contributed by atoms with E-state index < -0.39 is 0 Å². The van der Waals surface area contributed by atoms with Crippen molar-refractivity contribution in [3.05, 3.63) is 11.6 Å². The summed E-state index contributed by atoms with van der Waals surface area (Å²) in [6.45, 7) is 8.23. The lowest BCUT2D eigenvalue weighted by Gasteiger charge is -2.60. The molecule has 4 aliphatic carbocycles. The van der Waals surface area contributed by atoms with Crippen molar-refractivity contribution >= 4 is 0 Å². The first-order valence-corrected chi connectivity index (χ1v) is 13.3. The summed E-state index contributed by atoms with van der Waals surface area (Å²) in [6.07, 6.45) is 10.0. The normalized spacial score (nSPS) is 59.2. The highest BCUT2D eigenvalue weighted by Gasteiger charge is 2.70. The number of fused-ring (bicyclic) bond motifs is 7. The van der Waals surface area contributed by atoms with Gasteiger partial charge in [-0.1, -0.05) is 32.4 Å². The van der Waals surface area contributed by atoms with Gasteiger partial charge in [-0.25, -0.2) is 0 Å². The molecule has 4 N–H and O–H groups in total. The van der Waals surface area contributed by atoms with Crippen molar-refractivity contribution in [3.63, 3.8) is 0 Å². The maximum absolute atomic E-state index is 11.8. The van der Waals surface area contributed by atoms with E-state index >= 15 is 0 Å². The van der Waals surface area contributed by atoms with E-state index in [2.05, 4.69) is 32.2 Å². The topological polar surface area (TPSA) is 82.0 Å². The predicted octanol–water partition coefficient (Wildman–Crippen LogP) is 3.23. The van der Waals surface area contributed by atoms with Gasteiger partial charge in [0.25, 0.3) is 0 Å². The molecule has 0 bridgehead atoms. The lowest BCUT2D eigenvalue weighted by molar-refractivity contribution is -0.147. The Balaban J connectivity index is 1.29. The molecule has 2 saturated heterocycles. The van der Waals surface area contributed by atoms with E-state index in [1.807, 2.05) is 0 Å². The average molecular weight is 446 g/mol. The molecule has 0 aromatic rings. The molecule has 6 aliphatic rings. The zero-order chi connectivity index (χ0) is 22.5.